The number of amides is 1. The van der Waals surface area contributed by atoms with Crippen molar-refractivity contribution >= 4 is 11.9 Å². The molecule has 4 rings (SSSR count). The van der Waals surface area contributed by atoms with Crippen molar-refractivity contribution in [2.75, 3.05) is 26.4 Å². The van der Waals surface area contributed by atoms with Crippen molar-refractivity contribution < 1.29 is 39.2 Å². The first kappa shape index (κ1) is 32.6. The highest BCUT2D eigenvalue weighted by molar-refractivity contribution is 5.85. The molecule has 1 amide bonds. The van der Waals surface area contributed by atoms with Gasteiger partial charge in [-0.25, -0.2) is 4.89 Å². The van der Waals surface area contributed by atoms with Crippen LogP contribution in [-0.2, 0) is 28.8 Å². The van der Waals surface area contributed by atoms with Gasteiger partial charge in [0.1, 0.15) is 0 Å². The lowest BCUT2D eigenvalue weighted by molar-refractivity contribution is -0.256. The zero-order chi connectivity index (χ0) is 28.9. The molecule has 4 N–H and O–H groups in total. The zero-order valence-corrected chi connectivity index (χ0v) is 24.8. The Hall–Kier alpha value is -1.30. The van der Waals surface area contributed by atoms with Crippen molar-refractivity contribution in [3.63, 3.8) is 0 Å². The van der Waals surface area contributed by atoms with Crippen molar-refractivity contribution in [2.24, 2.45) is 23.7 Å². The first-order chi connectivity index (χ1) is 20.0. The van der Waals surface area contributed by atoms with Gasteiger partial charge in [0.25, 0.3) is 0 Å². The van der Waals surface area contributed by atoms with E-state index in [-0.39, 0.29) is 24.0 Å². The van der Waals surface area contributed by atoms with Gasteiger partial charge in [-0.1, -0.05) is 25.7 Å². The van der Waals surface area contributed by atoms with E-state index in [0.717, 1.165) is 83.5 Å². The normalized spacial score (nSPS) is 34.7. The lowest BCUT2D eigenvalue weighted by Gasteiger charge is -2.33. The molecule has 4 unspecified atom stereocenters. The van der Waals surface area contributed by atoms with E-state index < -0.39 is 11.9 Å². The summed E-state index contributed by atoms with van der Waals surface area (Å²) in [5, 5.41) is 21.4. The Morgan fingerprint density at radius 1 is 0.659 bits per heavy atom. The summed E-state index contributed by atoms with van der Waals surface area (Å²) in [7, 11) is 0. The summed E-state index contributed by atoms with van der Waals surface area (Å²) in [6.07, 6.45) is 17.0. The maximum atomic E-state index is 12.8. The Balaban J connectivity index is 0.990. The Labute approximate surface area is 245 Å². The molecule has 0 radical (unpaired) electrons. The maximum absolute atomic E-state index is 12.8. The van der Waals surface area contributed by atoms with Gasteiger partial charge in [0, 0.05) is 25.3 Å². The summed E-state index contributed by atoms with van der Waals surface area (Å²) < 4.78 is 12.2. The second-order valence-electron chi connectivity index (χ2n) is 12.9. The van der Waals surface area contributed by atoms with Crippen LogP contribution in [-0.4, -0.2) is 73.0 Å². The predicted molar refractivity (Wildman–Crippen MR) is 153 cm³/mol. The van der Waals surface area contributed by atoms with Crippen LogP contribution in [0.5, 0.6) is 0 Å². The molecule has 0 aromatic heterocycles. The van der Waals surface area contributed by atoms with Crippen molar-refractivity contribution in [3.05, 3.63) is 0 Å². The van der Waals surface area contributed by atoms with Gasteiger partial charge in [0.15, 0.2) is 0 Å². The first-order valence-corrected chi connectivity index (χ1v) is 16.4. The Morgan fingerprint density at radius 3 is 1.78 bits per heavy atom. The molecule has 0 aromatic rings. The van der Waals surface area contributed by atoms with Crippen molar-refractivity contribution in [3.8, 4) is 0 Å². The third-order valence-corrected chi connectivity index (χ3v) is 10.0. The lowest BCUT2D eigenvalue weighted by Crippen LogP contribution is -2.45. The molecule has 0 aromatic carbocycles. The number of ether oxygens (including phenoxy) is 2. The Kier molecular flexibility index (Phi) is 14.1. The second kappa shape index (κ2) is 17.7. The molecular weight excluding hydrogens is 528 g/mol. The van der Waals surface area contributed by atoms with Crippen LogP contribution in [0.3, 0.4) is 0 Å². The smallest absolute Gasteiger partial charge is 0.307 e. The molecule has 0 saturated heterocycles. The third kappa shape index (κ3) is 10.7. The number of hydrogen-bond donors (Lipinski definition) is 4. The molecule has 0 aliphatic heterocycles. The van der Waals surface area contributed by atoms with Gasteiger partial charge in [-0.15, -0.1) is 0 Å². The van der Waals surface area contributed by atoms with Crippen molar-refractivity contribution in [1.29, 1.82) is 0 Å². The standard InChI is InChI=1S/C31H54N2O8/c34-30(28-8-3-4-9-29(28)31(35)36)32-24-10-14-26(15-11-24)38-18-5-19-39-27-16-12-25(13-17-27)33-40-20-22-6-1-2-7-23(22)21-41-37/h22-29,33,37H,1-21H2,(H,32,34)(H,35,36). The minimum absolute atomic E-state index is 0.0710. The highest BCUT2D eigenvalue weighted by atomic mass is 17.1. The average Bonchev–Trinajstić information content (AvgIpc) is 2.99. The fourth-order valence-corrected chi connectivity index (χ4v) is 7.42. The molecule has 41 heavy (non-hydrogen) atoms. The summed E-state index contributed by atoms with van der Waals surface area (Å²) in [5.74, 6) is -1.00. The fourth-order valence-electron chi connectivity index (χ4n) is 7.42. The van der Waals surface area contributed by atoms with Crippen LogP contribution in [0.1, 0.15) is 109 Å². The number of carbonyl (C=O) groups is 2. The molecular formula is C31H54N2O8. The van der Waals surface area contributed by atoms with Crippen molar-refractivity contribution in [1.82, 2.24) is 10.8 Å². The molecule has 0 spiro atoms. The van der Waals surface area contributed by atoms with Crippen LogP contribution >= 0.6 is 0 Å². The molecule has 4 atom stereocenters. The van der Waals surface area contributed by atoms with Crippen molar-refractivity contribution in [2.45, 2.75) is 133 Å². The quantitative estimate of drug-likeness (QED) is 0.121. The molecule has 236 valence electrons. The zero-order valence-electron chi connectivity index (χ0n) is 24.8. The van der Waals surface area contributed by atoms with Gasteiger partial charge in [0.05, 0.1) is 37.3 Å². The molecule has 0 heterocycles. The Morgan fingerprint density at radius 2 is 1.20 bits per heavy atom. The van der Waals surface area contributed by atoms with E-state index in [9.17, 15) is 14.7 Å². The maximum Gasteiger partial charge on any atom is 0.307 e. The summed E-state index contributed by atoms with van der Waals surface area (Å²) in [4.78, 5) is 34.6. The van der Waals surface area contributed by atoms with Crippen LogP contribution < -0.4 is 10.8 Å². The lowest BCUT2D eigenvalue weighted by atomic mass is 9.78. The van der Waals surface area contributed by atoms with Gasteiger partial charge in [0.2, 0.25) is 5.91 Å². The first-order valence-electron chi connectivity index (χ1n) is 16.4. The number of carboxylic acids is 1. The van der Waals surface area contributed by atoms with Gasteiger partial charge < -0.3 is 24.7 Å². The topological polar surface area (TPSA) is 136 Å². The highest BCUT2D eigenvalue weighted by Crippen LogP contribution is 2.32. The summed E-state index contributed by atoms with van der Waals surface area (Å²) >= 11 is 0. The predicted octanol–water partition coefficient (Wildman–Crippen LogP) is 4.86. The third-order valence-electron chi connectivity index (χ3n) is 10.0. The molecule has 4 aliphatic rings. The second-order valence-corrected chi connectivity index (χ2v) is 12.9. The monoisotopic (exact) mass is 582 g/mol. The number of rotatable bonds is 15. The van der Waals surface area contributed by atoms with Crippen LogP contribution in [0.4, 0.5) is 0 Å². The van der Waals surface area contributed by atoms with Gasteiger partial charge >= 0.3 is 5.97 Å². The van der Waals surface area contributed by atoms with Gasteiger partial charge in [-0.3, -0.25) is 14.8 Å². The van der Waals surface area contributed by atoms with E-state index in [0.29, 0.717) is 63.3 Å². The minimum Gasteiger partial charge on any atom is -0.481 e. The molecule has 0 bridgehead atoms. The van der Waals surface area contributed by atoms with E-state index in [1.165, 1.54) is 12.8 Å². The summed E-state index contributed by atoms with van der Waals surface area (Å²) in [5.41, 5.74) is 3.28. The molecule has 10 heteroatoms. The molecule has 10 nitrogen and oxygen atoms in total. The number of aliphatic carboxylic acids is 1. The van der Waals surface area contributed by atoms with E-state index in [4.69, 9.17) is 19.6 Å². The Bertz CT molecular complexity index is 767. The largest absolute Gasteiger partial charge is 0.481 e. The number of hydrogen-bond acceptors (Lipinski definition) is 8. The average molecular weight is 583 g/mol. The van der Waals surface area contributed by atoms with Gasteiger partial charge in [-0.05, 0) is 95.3 Å². The van der Waals surface area contributed by atoms with Gasteiger partial charge in [-0.2, -0.15) is 5.48 Å². The summed E-state index contributed by atoms with van der Waals surface area (Å²) in [6, 6.07) is 0.498. The summed E-state index contributed by atoms with van der Waals surface area (Å²) in [6.45, 7) is 2.49. The number of carboxylic acid groups (broad SMARTS) is 1. The van der Waals surface area contributed by atoms with Crippen LogP contribution in [0.15, 0.2) is 0 Å². The van der Waals surface area contributed by atoms with E-state index >= 15 is 0 Å². The fraction of sp³-hybridized carbons (Fsp3) is 0.935. The number of carbonyl (C=O) groups excluding carboxylic acids is 1. The highest BCUT2D eigenvalue weighted by Gasteiger charge is 2.37. The van der Waals surface area contributed by atoms with Crippen LogP contribution in [0.2, 0.25) is 0 Å². The molecule has 4 aliphatic carbocycles. The number of hydroxylamine groups is 1. The van der Waals surface area contributed by atoms with Crippen LogP contribution in [0, 0.1) is 23.7 Å². The van der Waals surface area contributed by atoms with E-state index in [1.54, 1.807) is 0 Å². The number of nitrogens with one attached hydrogen (secondary N) is 2. The minimum atomic E-state index is -0.837. The van der Waals surface area contributed by atoms with E-state index in [1.807, 2.05) is 0 Å². The molecule has 4 fully saturated rings. The SMILES string of the molecule is O=C(O)C1CCCCC1C(=O)NC1CCC(OCCCOC2CCC(NOCC3CCCCC3COO)CC2)CC1. The molecule has 4 saturated carbocycles. The van der Waals surface area contributed by atoms with E-state index in [2.05, 4.69) is 15.7 Å². The van der Waals surface area contributed by atoms with Crippen LogP contribution in [0.25, 0.3) is 0 Å².